The molecule has 12 heavy (non-hydrogen) atoms. The van der Waals surface area contributed by atoms with Gasteiger partial charge in [0.15, 0.2) is 0 Å². The fourth-order valence-corrected chi connectivity index (χ4v) is 0.667. The average molecular weight is 239 g/mol. The zero-order valence-corrected chi connectivity index (χ0v) is 12.2. The van der Waals surface area contributed by atoms with Gasteiger partial charge >= 0.3 is 41.9 Å². The standard InChI is InChI=1S/C6H15N.3ClH.Li.Mg/c1-5(2)7-6(3)4;;;;;/h5-7H,1-4H3;3*1H;;/q;;;;+1;+2/p-3. The summed E-state index contributed by atoms with van der Waals surface area (Å²) in [5, 5.41) is 3.31. The van der Waals surface area contributed by atoms with Crippen molar-refractivity contribution in [1.82, 2.24) is 5.32 Å². The third-order valence-corrected chi connectivity index (χ3v) is 0.667. The van der Waals surface area contributed by atoms with Crippen LogP contribution in [0.1, 0.15) is 27.7 Å². The van der Waals surface area contributed by atoms with Crippen molar-refractivity contribution in [1.29, 1.82) is 0 Å². The summed E-state index contributed by atoms with van der Waals surface area (Å²) in [7, 11) is 0. The monoisotopic (exact) mass is 237 g/mol. The van der Waals surface area contributed by atoms with E-state index < -0.39 is 0 Å². The molecule has 0 aromatic carbocycles. The first-order valence-electron chi connectivity index (χ1n) is 2.89. The molecule has 1 N–H and O–H groups in total. The number of nitrogens with one attached hydrogen (secondary N) is 1. The normalized spacial score (nSPS) is 6.50. The fraction of sp³-hybridized carbons (Fsp3) is 1.00. The van der Waals surface area contributed by atoms with Gasteiger partial charge in [0.25, 0.3) is 0 Å². The zero-order chi connectivity index (χ0) is 5.86. The van der Waals surface area contributed by atoms with E-state index in [0.29, 0.717) is 12.1 Å². The molecular formula is C6H15Cl3LiMgN. The topological polar surface area (TPSA) is 12.0 Å². The van der Waals surface area contributed by atoms with Gasteiger partial charge in [-0.3, -0.25) is 0 Å². The summed E-state index contributed by atoms with van der Waals surface area (Å²) in [4.78, 5) is 0. The Hall–Kier alpha value is 2.19. The minimum absolute atomic E-state index is 0. The third kappa shape index (κ3) is 39.8. The van der Waals surface area contributed by atoms with Crippen molar-refractivity contribution in [2.24, 2.45) is 0 Å². The molecule has 0 heterocycles. The Bertz CT molecular complexity index is 52.1. The van der Waals surface area contributed by atoms with Gasteiger partial charge in [-0.15, -0.1) is 0 Å². The molecule has 0 saturated heterocycles. The van der Waals surface area contributed by atoms with Gasteiger partial charge < -0.3 is 42.5 Å². The van der Waals surface area contributed by atoms with Gasteiger partial charge in [-0.25, -0.2) is 0 Å². The van der Waals surface area contributed by atoms with Crippen molar-refractivity contribution in [3.8, 4) is 0 Å². The van der Waals surface area contributed by atoms with Crippen LogP contribution in [-0.2, 0) is 0 Å². The molecule has 0 radical (unpaired) electrons. The maximum Gasteiger partial charge on any atom is 2.00 e. The van der Waals surface area contributed by atoms with Crippen molar-refractivity contribution >= 4 is 23.1 Å². The van der Waals surface area contributed by atoms with Gasteiger partial charge in [0.1, 0.15) is 0 Å². The van der Waals surface area contributed by atoms with E-state index in [-0.39, 0.29) is 79.1 Å². The number of hydrogen-bond donors (Lipinski definition) is 1. The summed E-state index contributed by atoms with van der Waals surface area (Å²) in [5.41, 5.74) is 0. The summed E-state index contributed by atoms with van der Waals surface area (Å²) in [6, 6.07) is 1.25. The van der Waals surface area contributed by atoms with Crippen LogP contribution in [0.4, 0.5) is 0 Å². The maximum absolute atomic E-state index is 3.31. The Kier molecular flexibility index (Phi) is 71.2. The Morgan fingerprint density at radius 1 is 0.750 bits per heavy atom. The first-order chi connectivity index (χ1) is 3.13. The van der Waals surface area contributed by atoms with Crippen molar-refractivity contribution in [3.05, 3.63) is 0 Å². The molecule has 0 aliphatic rings. The third-order valence-electron chi connectivity index (χ3n) is 0.667. The van der Waals surface area contributed by atoms with Gasteiger partial charge in [-0.05, 0) is 0 Å². The summed E-state index contributed by atoms with van der Waals surface area (Å²) in [6.07, 6.45) is 0. The molecule has 0 spiro atoms. The molecule has 0 aromatic rings. The zero-order valence-electron chi connectivity index (χ0n) is 8.50. The van der Waals surface area contributed by atoms with E-state index in [9.17, 15) is 0 Å². The molecule has 6 heteroatoms. The van der Waals surface area contributed by atoms with E-state index >= 15 is 0 Å². The molecule has 0 rings (SSSR count). The van der Waals surface area contributed by atoms with Crippen molar-refractivity contribution in [3.63, 3.8) is 0 Å². The molecule has 0 unspecified atom stereocenters. The molecule has 0 saturated carbocycles. The van der Waals surface area contributed by atoms with Gasteiger partial charge in [0.2, 0.25) is 0 Å². The minimum atomic E-state index is 0. The molecule has 0 aromatic heterocycles. The molecule has 68 valence electrons. The number of hydrogen-bond acceptors (Lipinski definition) is 1. The fourth-order valence-electron chi connectivity index (χ4n) is 0.667. The molecule has 0 bridgehead atoms. The molecule has 1 nitrogen and oxygen atoms in total. The second kappa shape index (κ2) is 23.2. The van der Waals surface area contributed by atoms with Crippen LogP contribution in [-0.4, -0.2) is 35.1 Å². The minimum Gasteiger partial charge on any atom is -1.00 e. The van der Waals surface area contributed by atoms with E-state index in [1.54, 1.807) is 0 Å². The van der Waals surface area contributed by atoms with Crippen LogP contribution in [0.2, 0.25) is 0 Å². The Labute approximate surface area is 123 Å². The van der Waals surface area contributed by atoms with Crippen LogP contribution in [0.3, 0.4) is 0 Å². The molecule has 0 fully saturated rings. The van der Waals surface area contributed by atoms with E-state index in [1.807, 2.05) is 0 Å². The van der Waals surface area contributed by atoms with Crippen molar-refractivity contribution in [2.45, 2.75) is 39.8 Å². The van der Waals surface area contributed by atoms with Crippen LogP contribution < -0.4 is 61.4 Å². The van der Waals surface area contributed by atoms with Gasteiger partial charge in [-0.1, -0.05) is 27.7 Å². The SMILES string of the molecule is CC(C)NC(C)C.[Cl-].[Cl-].[Cl-].[Li+].[Mg+2]. The molecule has 0 aliphatic carbocycles. The van der Waals surface area contributed by atoms with E-state index in [2.05, 4.69) is 33.0 Å². The van der Waals surface area contributed by atoms with E-state index in [1.165, 1.54) is 0 Å². The quantitative estimate of drug-likeness (QED) is 0.472. The molecular weight excluding hydrogens is 224 g/mol. The summed E-state index contributed by atoms with van der Waals surface area (Å²) in [5.74, 6) is 0. The number of rotatable bonds is 2. The predicted molar refractivity (Wildman–Crippen MR) is 39.2 cm³/mol. The Morgan fingerprint density at radius 2 is 0.917 bits per heavy atom. The maximum atomic E-state index is 3.31. The van der Waals surface area contributed by atoms with Crippen LogP contribution in [0.5, 0.6) is 0 Å². The molecule has 0 atom stereocenters. The van der Waals surface area contributed by atoms with Crippen LogP contribution in [0, 0.1) is 0 Å². The number of halogens is 3. The van der Waals surface area contributed by atoms with E-state index in [4.69, 9.17) is 0 Å². The van der Waals surface area contributed by atoms with Crippen LogP contribution in [0.25, 0.3) is 0 Å². The predicted octanol–water partition coefficient (Wildman–Crippen LogP) is -11.0. The van der Waals surface area contributed by atoms with Gasteiger partial charge in [0, 0.05) is 12.1 Å². The summed E-state index contributed by atoms with van der Waals surface area (Å²) >= 11 is 0. The first kappa shape index (κ1) is 36.8. The van der Waals surface area contributed by atoms with Crippen molar-refractivity contribution < 1.29 is 56.1 Å². The Morgan fingerprint density at radius 3 is 0.917 bits per heavy atom. The van der Waals surface area contributed by atoms with Crippen molar-refractivity contribution in [2.75, 3.05) is 0 Å². The molecule has 0 amide bonds. The van der Waals surface area contributed by atoms with Gasteiger partial charge in [-0.2, -0.15) is 0 Å². The second-order valence-electron chi connectivity index (χ2n) is 2.48. The second-order valence-corrected chi connectivity index (χ2v) is 2.48. The first-order valence-corrected chi connectivity index (χ1v) is 2.89. The van der Waals surface area contributed by atoms with E-state index in [0.717, 1.165) is 0 Å². The Balaban J connectivity index is -0.0000000180. The van der Waals surface area contributed by atoms with Crippen LogP contribution >= 0.6 is 0 Å². The largest absolute Gasteiger partial charge is 2.00 e. The van der Waals surface area contributed by atoms with Crippen LogP contribution in [0.15, 0.2) is 0 Å². The molecule has 0 aliphatic heterocycles. The summed E-state index contributed by atoms with van der Waals surface area (Å²) in [6.45, 7) is 8.61. The smallest absolute Gasteiger partial charge is 1.00 e. The summed E-state index contributed by atoms with van der Waals surface area (Å²) < 4.78 is 0. The van der Waals surface area contributed by atoms with Gasteiger partial charge in [0.05, 0.1) is 0 Å². The average Bonchev–Trinajstić information content (AvgIpc) is 1.27.